The molecule has 0 radical (unpaired) electrons. The lowest BCUT2D eigenvalue weighted by molar-refractivity contribution is -0.158. The number of benzene rings is 1. The van der Waals surface area contributed by atoms with Crippen LogP contribution in [0.5, 0.6) is 0 Å². The van der Waals surface area contributed by atoms with E-state index in [0.29, 0.717) is 50.8 Å². The minimum atomic E-state index is -5.08. The molecule has 0 spiro atoms. The molecule has 0 N–H and O–H groups in total. The number of hydrogen-bond donors (Lipinski definition) is 0. The first-order valence-corrected chi connectivity index (χ1v) is 25.2. The Hall–Kier alpha value is -3.37. The van der Waals surface area contributed by atoms with Crippen LogP contribution in [0.25, 0.3) is 10.9 Å². The van der Waals surface area contributed by atoms with Gasteiger partial charge in [0.1, 0.15) is 11.8 Å². The molecule has 1 aromatic heterocycles. The number of allylic oxidation sites excluding steroid dienone is 4. The summed E-state index contributed by atoms with van der Waals surface area (Å²) in [4.78, 5) is 32.6. The Morgan fingerprint density at radius 3 is 1.64 bits per heavy atom. The second kappa shape index (κ2) is 31.5. The van der Waals surface area contributed by atoms with E-state index in [0.717, 1.165) is 83.1 Å². The summed E-state index contributed by atoms with van der Waals surface area (Å²) in [5, 5.41) is -0.183. The summed E-state index contributed by atoms with van der Waals surface area (Å²) in [7, 11) is 0. The standard InChI is InChI=1S/C53H80F6N2O3/c1-3-5-7-9-11-13-15-17-19-21-23-25-27-29-31-39-48(62)61-41-34-33-38-46(61)51(44-42-47(53(57,58)59)60-50-43(44)36-35-37-45(50)52(54,55)56)64-49(63)40-32-30-28-26-24-22-20-18-16-14-12-10-8-6-4-2/h17-20,35-37,42,46,51H,3-16,21-34,38-41H2,1-2H3/b19-17-,20-18-/t46-,51+/m1/s1. The van der Waals surface area contributed by atoms with Crippen LogP contribution >= 0.6 is 0 Å². The number of carbonyl (C=O) groups excluding carboxylic acids is 2. The van der Waals surface area contributed by atoms with Gasteiger partial charge in [-0.1, -0.05) is 153 Å². The Labute approximate surface area is 381 Å². The van der Waals surface area contributed by atoms with Crippen LogP contribution in [-0.2, 0) is 26.7 Å². The highest BCUT2D eigenvalue weighted by Gasteiger charge is 2.42. The number of esters is 1. The number of rotatable bonds is 33. The molecule has 5 nitrogen and oxygen atoms in total. The fraction of sp³-hybridized carbons (Fsp3) is 0.717. The van der Waals surface area contributed by atoms with Crippen molar-refractivity contribution < 1.29 is 40.7 Å². The number of amides is 1. The highest BCUT2D eigenvalue weighted by molar-refractivity contribution is 5.87. The van der Waals surface area contributed by atoms with Crippen LogP contribution in [0.1, 0.15) is 236 Å². The first-order valence-electron chi connectivity index (χ1n) is 25.2. The average molecular weight is 907 g/mol. The van der Waals surface area contributed by atoms with E-state index < -0.39 is 47.2 Å². The van der Waals surface area contributed by atoms with E-state index in [-0.39, 0.29) is 29.7 Å². The zero-order valence-corrected chi connectivity index (χ0v) is 39.3. The van der Waals surface area contributed by atoms with Gasteiger partial charge in [-0.3, -0.25) is 9.59 Å². The Bertz CT molecular complexity index is 1650. The van der Waals surface area contributed by atoms with Crippen molar-refractivity contribution >= 4 is 22.8 Å². The number of aromatic nitrogens is 1. The molecule has 1 fully saturated rings. The van der Waals surface area contributed by atoms with Crippen LogP contribution in [0.3, 0.4) is 0 Å². The summed E-state index contributed by atoms with van der Waals surface area (Å²) >= 11 is 0. The number of likely N-dealkylation sites (tertiary alicyclic amines) is 1. The number of pyridine rings is 1. The van der Waals surface area contributed by atoms with Crippen molar-refractivity contribution in [3.63, 3.8) is 0 Å². The van der Waals surface area contributed by atoms with Gasteiger partial charge in [-0.05, 0) is 95.6 Å². The molecule has 0 aliphatic carbocycles. The molecule has 3 rings (SSSR count). The van der Waals surface area contributed by atoms with Crippen LogP contribution < -0.4 is 0 Å². The minimum Gasteiger partial charge on any atom is -0.455 e. The van der Waals surface area contributed by atoms with Gasteiger partial charge in [0.05, 0.1) is 17.1 Å². The average Bonchev–Trinajstić information content (AvgIpc) is 3.27. The number of piperidine rings is 1. The lowest BCUT2D eigenvalue weighted by atomic mass is 9.89. The molecule has 362 valence electrons. The number of para-hydroxylation sites is 1. The topological polar surface area (TPSA) is 59.5 Å². The van der Waals surface area contributed by atoms with E-state index in [4.69, 9.17) is 4.74 Å². The molecule has 0 bridgehead atoms. The Morgan fingerprint density at radius 2 is 1.14 bits per heavy atom. The number of halogens is 6. The van der Waals surface area contributed by atoms with Gasteiger partial charge in [0, 0.05) is 30.3 Å². The number of alkyl halides is 6. The first kappa shape index (κ1) is 55.0. The van der Waals surface area contributed by atoms with Gasteiger partial charge in [-0.2, -0.15) is 26.3 Å². The molecule has 1 saturated heterocycles. The zero-order valence-electron chi connectivity index (χ0n) is 39.3. The van der Waals surface area contributed by atoms with Crippen molar-refractivity contribution in [1.29, 1.82) is 0 Å². The van der Waals surface area contributed by atoms with Crippen LogP contribution in [0.2, 0.25) is 0 Å². The molecular weight excluding hydrogens is 827 g/mol. The van der Waals surface area contributed by atoms with Crippen LogP contribution in [-0.4, -0.2) is 34.3 Å². The Morgan fingerprint density at radius 1 is 0.656 bits per heavy atom. The van der Waals surface area contributed by atoms with Gasteiger partial charge in [-0.15, -0.1) is 0 Å². The Balaban J connectivity index is 1.64. The van der Waals surface area contributed by atoms with Gasteiger partial charge >= 0.3 is 18.3 Å². The van der Waals surface area contributed by atoms with E-state index in [1.807, 2.05) is 0 Å². The van der Waals surface area contributed by atoms with Crippen molar-refractivity contribution in [3.05, 3.63) is 65.4 Å². The fourth-order valence-electron chi connectivity index (χ4n) is 8.85. The maximum atomic E-state index is 14.4. The lowest BCUT2D eigenvalue weighted by Crippen LogP contribution is -2.47. The molecule has 2 heterocycles. The highest BCUT2D eigenvalue weighted by atomic mass is 19.4. The summed E-state index contributed by atoms with van der Waals surface area (Å²) in [6, 6.07) is 2.99. The molecule has 0 unspecified atom stereocenters. The minimum absolute atomic E-state index is 0.00713. The second-order valence-corrected chi connectivity index (χ2v) is 18.0. The van der Waals surface area contributed by atoms with E-state index in [1.165, 1.54) is 83.1 Å². The third-order valence-electron chi connectivity index (χ3n) is 12.5. The molecule has 0 saturated carbocycles. The van der Waals surface area contributed by atoms with E-state index in [9.17, 15) is 35.9 Å². The third-order valence-corrected chi connectivity index (χ3v) is 12.5. The second-order valence-electron chi connectivity index (χ2n) is 18.0. The van der Waals surface area contributed by atoms with Crippen molar-refractivity contribution in [1.82, 2.24) is 9.88 Å². The maximum Gasteiger partial charge on any atom is 0.433 e. The smallest absolute Gasteiger partial charge is 0.433 e. The summed E-state index contributed by atoms with van der Waals surface area (Å²) in [6.45, 7) is 4.77. The van der Waals surface area contributed by atoms with Gasteiger partial charge in [0.2, 0.25) is 5.91 Å². The molecule has 2 aromatic rings. The predicted molar refractivity (Wildman–Crippen MR) is 249 cm³/mol. The van der Waals surface area contributed by atoms with E-state index in [1.54, 1.807) is 4.90 Å². The van der Waals surface area contributed by atoms with Crippen molar-refractivity contribution in [2.45, 2.75) is 237 Å². The number of unbranched alkanes of at least 4 members (excludes halogenated alkanes) is 22. The molecule has 64 heavy (non-hydrogen) atoms. The van der Waals surface area contributed by atoms with Crippen LogP contribution in [0.15, 0.2) is 48.6 Å². The monoisotopic (exact) mass is 907 g/mol. The third kappa shape index (κ3) is 21.3. The van der Waals surface area contributed by atoms with Gasteiger partial charge in [-0.25, -0.2) is 4.98 Å². The molecular formula is C53H80F6N2O3. The molecule has 2 atom stereocenters. The van der Waals surface area contributed by atoms with E-state index >= 15 is 0 Å². The number of fused-ring (bicyclic) bond motifs is 1. The van der Waals surface area contributed by atoms with Crippen molar-refractivity contribution in [2.75, 3.05) is 6.54 Å². The van der Waals surface area contributed by atoms with Crippen molar-refractivity contribution in [3.8, 4) is 0 Å². The van der Waals surface area contributed by atoms with Crippen molar-refractivity contribution in [2.24, 2.45) is 0 Å². The fourth-order valence-corrected chi connectivity index (χ4v) is 8.85. The van der Waals surface area contributed by atoms with E-state index in [2.05, 4.69) is 43.1 Å². The maximum absolute atomic E-state index is 14.4. The first-order chi connectivity index (χ1) is 30.9. The van der Waals surface area contributed by atoms with Crippen LogP contribution in [0.4, 0.5) is 26.3 Å². The molecule has 1 aromatic carbocycles. The SMILES string of the molecule is CCCCCCCC/C=C\CCCCCCCC(=O)O[C@@H](c1cc(C(F)(F)F)nc2c(C(F)(F)F)cccc12)[C@H]1CCCCN1C(=O)CCCCCCC/C=C\CCCCCCCC. The van der Waals surface area contributed by atoms with Gasteiger partial charge < -0.3 is 9.64 Å². The summed E-state index contributed by atoms with van der Waals surface area (Å²) < 4.78 is 92.0. The molecule has 11 heteroatoms. The molecule has 1 aliphatic rings. The predicted octanol–water partition coefficient (Wildman–Crippen LogP) is 17.3. The van der Waals surface area contributed by atoms with Crippen LogP contribution in [0, 0.1) is 0 Å². The highest BCUT2D eigenvalue weighted by Crippen LogP contribution is 2.42. The lowest BCUT2D eigenvalue weighted by Gasteiger charge is -2.40. The normalized spacial score (nSPS) is 15.5. The number of ether oxygens (including phenoxy) is 1. The summed E-state index contributed by atoms with van der Waals surface area (Å²) in [6.07, 6.45) is 27.9. The van der Waals surface area contributed by atoms with Gasteiger partial charge in [0.15, 0.2) is 0 Å². The summed E-state index contributed by atoms with van der Waals surface area (Å²) in [5.41, 5.74) is -3.89. The molecule has 1 amide bonds. The number of carbonyl (C=O) groups is 2. The number of hydrogen-bond acceptors (Lipinski definition) is 4. The zero-order chi connectivity index (χ0) is 46.5. The largest absolute Gasteiger partial charge is 0.455 e. The number of nitrogens with zero attached hydrogens (tertiary/aromatic N) is 2. The summed E-state index contributed by atoms with van der Waals surface area (Å²) in [5.74, 6) is -0.839. The van der Waals surface area contributed by atoms with Gasteiger partial charge in [0.25, 0.3) is 0 Å². The Kier molecular flexibility index (Phi) is 27.1. The quantitative estimate of drug-likeness (QED) is 0.0310. The molecule has 1 aliphatic heterocycles.